The van der Waals surface area contributed by atoms with Crippen molar-refractivity contribution in [3.63, 3.8) is 0 Å². The van der Waals surface area contributed by atoms with Crippen LogP contribution in [0.2, 0.25) is 0 Å². The lowest BCUT2D eigenvalue weighted by Crippen LogP contribution is -2.41. The van der Waals surface area contributed by atoms with Gasteiger partial charge in [0.15, 0.2) is 0 Å². The van der Waals surface area contributed by atoms with Gasteiger partial charge in [-0.2, -0.15) is 0 Å². The maximum absolute atomic E-state index is 13.4. The van der Waals surface area contributed by atoms with E-state index in [1.807, 2.05) is 0 Å². The quantitative estimate of drug-likeness (QED) is 0.652. The number of fused-ring (bicyclic) bond motifs is 2. The second kappa shape index (κ2) is 8.39. The molecule has 1 aromatic heterocycles. The number of aryl methyl sites for hydroxylation is 1. The minimum Gasteiger partial charge on any atom is -0.481 e. The molecule has 164 valence electrons. The molecule has 2 aliphatic rings. The smallest absolute Gasteiger partial charge is 0.341 e. The molecule has 2 bridgehead atoms. The van der Waals surface area contributed by atoms with Gasteiger partial charge in [0.1, 0.15) is 16.4 Å². The van der Waals surface area contributed by atoms with Crippen molar-refractivity contribution in [2.75, 3.05) is 11.9 Å². The monoisotopic (exact) mass is 447 g/mol. The van der Waals surface area contributed by atoms with E-state index >= 15 is 0 Å². The zero-order valence-electron chi connectivity index (χ0n) is 17.0. The van der Waals surface area contributed by atoms with E-state index in [9.17, 15) is 23.9 Å². The summed E-state index contributed by atoms with van der Waals surface area (Å²) in [6, 6.07) is 5.71. The maximum Gasteiger partial charge on any atom is 0.341 e. The number of aliphatic carboxylic acids is 1. The van der Waals surface area contributed by atoms with E-state index in [1.54, 1.807) is 26.0 Å². The Morgan fingerprint density at radius 1 is 1.19 bits per heavy atom. The number of halogens is 1. The maximum atomic E-state index is 13.4. The molecule has 2 saturated heterocycles. The molecule has 0 spiro atoms. The zero-order valence-corrected chi connectivity index (χ0v) is 17.8. The van der Waals surface area contributed by atoms with Gasteiger partial charge in [0, 0.05) is 10.4 Å². The van der Waals surface area contributed by atoms with Crippen LogP contribution in [-0.2, 0) is 19.1 Å². The number of nitrogens with one attached hydrogen (secondary N) is 1. The van der Waals surface area contributed by atoms with Gasteiger partial charge in [-0.3, -0.25) is 9.59 Å². The van der Waals surface area contributed by atoms with E-state index in [0.717, 1.165) is 4.88 Å². The lowest BCUT2D eigenvalue weighted by atomic mass is 9.78. The zero-order chi connectivity index (χ0) is 22.3. The number of amides is 1. The second-order valence-electron chi connectivity index (χ2n) is 7.63. The first-order chi connectivity index (χ1) is 14.8. The van der Waals surface area contributed by atoms with E-state index < -0.39 is 47.7 Å². The topological polar surface area (TPSA) is 102 Å². The van der Waals surface area contributed by atoms with Crippen molar-refractivity contribution in [3.05, 3.63) is 40.5 Å². The van der Waals surface area contributed by atoms with Crippen LogP contribution in [-0.4, -0.2) is 41.8 Å². The summed E-state index contributed by atoms with van der Waals surface area (Å²) in [7, 11) is 0. The van der Waals surface area contributed by atoms with Crippen LogP contribution in [0.25, 0.3) is 11.1 Å². The molecule has 0 radical (unpaired) electrons. The van der Waals surface area contributed by atoms with Gasteiger partial charge >= 0.3 is 11.9 Å². The average Bonchev–Trinajstić information content (AvgIpc) is 3.41. The number of carboxylic acids is 1. The first-order valence-electron chi connectivity index (χ1n) is 10.1. The highest BCUT2D eigenvalue weighted by Gasteiger charge is 2.55. The Morgan fingerprint density at radius 3 is 2.45 bits per heavy atom. The molecule has 4 rings (SSSR count). The molecule has 2 N–H and O–H groups in total. The molecule has 2 fully saturated rings. The van der Waals surface area contributed by atoms with Crippen molar-refractivity contribution >= 4 is 34.2 Å². The number of carboxylic acid groups (broad SMARTS) is 1. The predicted octanol–water partition coefficient (Wildman–Crippen LogP) is 3.86. The summed E-state index contributed by atoms with van der Waals surface area (Å²) >= 11 is 1.20. The number of carbonyl (C=O) groups excluding carboxylic acids is 2. The van der Waals surface area contributed by atoms with E-state index in [0.29, 0.717) is 24.0 Å². The minimum absolute atomic E-state index is 0.144. The van der Waals surface area contributed by atoms with Gasteiger partial charge in [-0.15, -0.1) is 11.3 Å². The summed E-state index contributed by atoms with van der Waals surface area (Å²) in [5, 5.41) is 12.6. The number of carbonyl (C=O) groups is 3. The number of ether oxygens (including phenoxy) is 2. The van der Waals surface area contributed by atoms with Crippen molar-refractivity contribution in [2.24, 2.45) is 11.8 Å². The molecule has 7 nitrogen and oxygen atoms in total. The van der Waals surface area contributed by atoms with Crippen LogP contribution in [0.1, 0.15) is 35.0 Å². The molecule has 4 atom stereocenters. The Morgan fingerprint density at radius 2 is 1.84 bits per heavy atom. The third-order valence-electron chi connectivity index (χ3n) is 5.79. The van der Waals surface area contributed by atoms with Gasteiger partial charge in [0.25, 0.3) is 0 Å². The van der Waals surface area contributed by atoms with Crippen molar-refractivity contribution in [1.82, 2.24) is 0 Å². The van der Waals surface area contributed by atoms with E-state index in [-0.39, 0.29) is 17.2 Å². The normalized spacial score (nSPS) is 24.2. The number of benzene rings is 1. The highest BCUT2D eigenvalue weighted by molar-refractivity contribution is 7.17. The number of hydrogen-bond donors (Lipinski definition) is 2. The summed E-state index contributed by atoms with van der Waals surface area (Å²) in [5.41, 5.74) is 1.35. The lowest BCUT2D eigenvalue weighted by Gasteiger charge is -2.23. The summed E-state index contributed by atoms with van der Waals surface area (Å²) in [6.07, 6.45) is 0.325. The molecule has 3 heterocycles. The highest BCUT2D eigenvalue weighted by Crippen LogP contribution is 2.45. The number of hydrogen-bond acceptors (Lipinski definition) is 6. The molecule has 0 aliphatic carbocycles. The van der Waals surface area contributed by atoms with Crippen LogP contribution in [0.4, 0.5) is 9.39 Å². The highest BCUT2D eigenvalue weighted by atomic mass is 32.1. The molecule has 2 aromatic rings. The second-order valence-corrected chi connectivity index (χ2v) is 8.86. The standard InChI is InChI=1S/C22H22FNO6S/c1-3-29-22(28)18-15(11-4-6-12(23)7-5-11)10(2)31-20(18)24-19(25)16-13-8-9-14(30-13)17(16)21(26)27/h4-7,13-14,16-17H,3,8-9H2,1-2H3,(H,24,25)(H,26,27)/t13-,14+,16-,17+/m1/s1. The van der Waals surface area contributed by atoms with Gasteiger partial charge in [-0.1, -0.05) is 12.1 Å². The number of anilines is 1. The fraction of sp³-hybridized carbons (Fsp3) is 0.409. The SMILES string of the molecule is CCOC(=O)c1c(NC(=O)[C@H]2[C@@H](C(=O)O)[C@@H]3CC[C@H]2O3)sc(C)c1-c1ccc(F)cc1. The molecular formula is C22H22FNO6S. The van der Waals surface area contributed by atoms with Crippen LogP contribution in [0, 0.1) is 24.6 Å². The van der Waals surface area contributed by atoms with Crippen molar-refractivity contribution < 1.29 is 33.4 Å². The molecule has 1 aromatic carbocycles. The van der Waals surface area contributed by atoms with E-state index in [1.165, 1.54) is 23.5 Å². The Kier molecular flexibility index (Phi) is 5.81. The van der Waals surface area contributed by atoms with Crippen LogP contribution in [0.15, 0.2) is 24.3 Å². The predicted molar refractivity (Wildman–Crippen MR) is 112 cm³/mol. The summed E-state index contributed by atoms with van der Waals surface area (Å²) in [4.78, 5) is 38.4. The van der Waals surface area contributed by atoms with Gasteiger partial charge in [-0.05, 0) is 44.4 Å². The first kappa shape index (κ1) is 21.5. The van der Waals surface area contributed by atoms with Crippen LogP contribution < -0.4 is 5.32 Å². The van der Waals surface area contributed by atoms with Gasteiger partial charge in [-0.25, -0.2) is 9.18 Å². The Bertz CT molecular complexity index is 1030. The third kappa shape index (κ3) is 3.83. The molecule has 9 heteroatoms. The van der Waals surface area contributed by atoms with Crippen molar-refractivity contribution in [3.8, 4) is 11.1 Å². The molecule has 2 aliphatic heterocycles. The number of esters is 1. The van der Waals surface area contributed by atoms with Crippen molar-refractivity contribution in [2.45, 2.75) is 38.9 Å². The Balaban J connectivity index is 1.70. The molecule has 0 saturated carbocycles. The lowest BCUT2D eigenvalue weighted by molar-refractivity contribution is -0.147. The first-order valence-corrected chi connectivity index (χ1v) is 10.9. The fourth-order valence-corrected chi connectivity index (χ4v) is 5.58. The minimum atomic E-state index is -1.06. The van der Waals surface area contributed by atoms with Gasteiger partial charge in [0.2, 0.25) is 5.91 Å². The van der Waals surface area contributed by atoms with Crippen LogP contribution in [0.5, 0.6) is 0 Å². The molecule has 1 amide bonds. The van der Waals surface area contributed by atoms with Crippen LogP contribution in [0.3, 0.4) is 0 Å². The molecular weight excluding hydrogens is 425 g/mol. The van der Waals surface area contributed by atoms with E-state index in [2.05, 4.69) is 5.32 Å². The third-order valence-corrected chi connectivity index (χ3v) is 6.82. The fourth-order valence-electron chi connectivity index (χ4n) is 4.51. The molecule has 31 heavy (non-hydrogen) atoms. The largest absolute Gasteiger partial charge is 0.481 e. The Labute approximate surface area is 182 Å². The number of rotatable bonds is 6. The molecule has 0 unspecified atom stereocenters. The van der Waals surface area contributed by atoms with Crippen molar-refractivity contribution in [1.29, 1.82) is 0 Å². The van der Waals surface area contributed by atoms with Gasteiger partial charge in [0.05, 0.1) is 30.7 Å². The summed E-state index contributed by atoms with van der Waals surface area (Å²) in [5.74, 6) is -4.31. The van der Waals surface area contributed by atoms with Crippen LogP contribution >= 0.6 is 11.3 Å². The van der Waals surface area contributed by atoms with E-state index in [4.69, 9.17) is 9.47 Å². The Hall–Kier alpha value is -2.78. The summed E-state index contributed by atoms with van der Waals surface area (Å²) < 4.78 is 24.3. The summed E-state index contributed by atoms with van der Waals surface area (Å²) in [6.45, 7) is 3.62. The van der Waals surface area contributed by atoms with Gasteiger partial charge < -0.3 is 19.9 Å². The number of thiophene rings is 1. The average molecular weight is 447 g/mol.